The molecule has 2 rings (SSSR count). The summed E-state index contributed by atoms with van der Waals surface area (Å²) >= 11 is 0. The molecule has 0 saturated heterocycles. The molecule has 0 heterocycles. The number of esters is 1. The van der Waals surface area contributed by atoms with E-state index in [9.17, 15) is 4.79 Å². The van der Waals surface area contributed by atoms with Gasteiger partial charge in [-0.2, -0.15) is 5.26 Å². The highest BCUT2D eigenvalue weighted by Crippen LogP contribution is 2.28. The van der Waals surface area contributed by atoms with Crippen LogP contribution < -0.4 is 18.9 Å². The summed E-state index contributed by atoms with van der Waals surface area (Å²) in [5, 5.41) is 8.84. The van der Waals surface area contributed by atoms with Gasteiger partial charge in [-0.15, -0.1) is 0 Å². The number of hydrogen-bond donors (Lipinski definition) is 0. The molecule has 0 fully saturated rings. The summed E-state index contributed by atoms with van der Waals surface area (Å²) in [6, 6.07) is 13.5. The van der Waals surface area contributed by atoms with Crippen molar-refractivity contribution in [3.8, 4) is 29.1 Å². The number of carbonyl (C=O) groups is 1. The van der Waals surface area contributed by atoms with E-state index in [4.69, 9.17) is 24.2 Å². The van der Waals surface area contributed by atoms with E-state index in [2.05, 4.69) is 0 Å². The maximum atomic E-state index is 11.9. The molecule has 0 unspecified atom stereocenters. The lowest BCUT2D eigenvalue weighted by atomic mass is 10.2. The van der Waals surface area contributed by atoms with Crippen LogP contribution >= 0.6 is 0 Å². The van der Waals surface area contributed by atoms with Gasteiger partial charge in [0.05, 0.1) is 25.9 Å². The molecule has 0 spiro atoms. The standard InChI is InChI=1S/C17H15NO5/c1-20-13-5-3-4-6-14(13)22-11-17(19)23-15-8-7-12(10-18)9-16(15)21-2/h3-9H,11H2,1-2H3. The number of ether oxygens (including phenoxy) is 4. The molecule has 0 aliphatic carbocycles. The molecule has 118 valence electrons. The van der Waals surface area contributed by atoms with Gasteiger partial charge in [0.25, 0.3) is 0 Å². The van der Waals surface area contributed by atoms with Gasteiger partial charge in [-0.3, -0.25) is 0 Å². The summed E-state index contributed by atoms with van der Waals surface area (Å²) in [7, 11) is 2.95. The van der Waals surface area contributed by atoms with E-state index < -0.39 is 5.97 Å². The van der Waals surface area contributed by atoms with E-state index in [1.165, 1.54) is 32.4 Å². The summed E-state index contributed by atoms with van der Waals surface area (Å²) in [6.07, 6.45) is 0. The first-order valence-corrected chi connectivity index (χ1v) is 6.72. The molecule has 2 aromatic rings. The van der Waals surface area contributed by atoms with Crippen molar-refractivity contribution in [3.05, 3.63) is 48.0 Å². The number of benzene rings is 2. The third-order valence-electron chi connectivity index (χ3n) is 2.93. The second-order valence-corrected chi connectivity index (χ2v) is 4.39. The van der Waals surface area contributed by atoms with Crippen LogP contribution in [-0.4, -0.2) is 26.8 Å². The van der Waals surface area contributed by atoms with Crippen LogP contribution in [0.15, 0.2) is 42.5 Å². The lowest BCUT2D eigenvalue weighted by Crippen LogP contribution is -2.18. The monoisotopic (exact) mass is 313 g/mol. The lowest BCUT2D eigenvalue weighted by Gasteiger charge is -2.11. The van der Waals surface area contributed by atoms with Crippen LogP contribution in [0.5, 0.6) is 23.0 Å². The summed E-state index contributed by atoms with van der Waals surface area (Å²) in [6.45, 7) is -0.288. The average molecular weight is 313 g/mol. The molecule has 0 radical (unpaired) electrons. The van der Waals surface area contributed by atoms with Gasteiger partial charge in [-0.25, -0.2) is 4.79 Å². The molecule has 0 aliphatic heterocycles. The number of carbonyl (C=O) groups excluding carboxylic acids is 1. The molecule has 6 heteroatoms. The van der Waals surface area contributed by atoms with E-state index >= 15 is 0 Å². The van der Waals surface area contributed by atoms with Crippen molar-refractivity contribution in [2.75, 3.05) is 20.8 Å². The smallest absolute Gasteiger partial charge is 0.349 e. The first kappa shape index (κ1) is 16.2. The molecule has 6 nitrogen and oxygen atoms in total. The summed E-state index contributed by atoms with van der Waals surface area (Å²) in [4.78, 5) is 11.9. The SMILES string of the molecule is COc1ccccc1OCC(=O)Oc1ccc(C#N)cc1OC. The summed E-state index contributed by atoms with van der Waals surface area (Å²) < 4.78 is 20.8. The largest absolute Gasteiger partial charge is 0.493 e. The molecule has 2 aromatic carbocycles. The van der Waals surface area contributed by atoms with Crippen molar-refractivity contribution in [2.24, 2.45) is 0 Å². The third-order valence-corrected chi connectivity index (χ3v) is 2.93. The van der Waals surface area contributed by atoms with E-state index in [-0.39, 0.29) is 12.4 Å². The zero-order valence-electron chi connectivity index (χ0n) is 12.7. The molecule has 0 N–H and O–H groups in total. The molecule has 0 amide bonds. The molecular formula is C17H15NO5. The van der Waals surface area contributed by atoms with Gasteiger partial charge in [-0.1, -0.05) is 12.1 Å². The third kappa shape index (κ3) is 4.14. The minimum absolute atomic E-state index is 0.222. The fourth-order valence-corrected chi connectivity index (χ4v) is 1.85. The van der Waals surface area contributed by atoms with Gasteiger partial charge < -0.3 is 18.9 Å². The number of hydrogen-bond acceptors (Lipinski definition) is 6. The second kappa shape index (κ2) is 7.71. The Hall–Kier alpha value is -3.20. The maximum absolute atomic E-state index is 11.9. The van der Waals surface area contributed by atoms with Gasteiger partial charge >= 0.3 is 5.97 Å². The molecule has 0 aliphatic rings. The van der Waals surface area contributed by atoms with E-state index in [0.29, 0.717) is 22.8 Å². The number of nitriles is 1. The van der Waals surface area contributed by atoms with E-state index in [0.717, 1.165) is 0 Å². The van der Waals surface area contributed by atoms with E-state index in [1.807, 2.05) is 6.07 Å². The Morgan fingerprint density at radius 2 is 1.70 bits per heavy atom. The van der Waals surface area contributed by atoms with Crippen LogP contribution in [0.1, 0.15) is 5.56 Å². The Morgan fingerprint density at radius 1 is 1.00 bits per heavy atom. The van der Waals surface area contributed by atoms with Crippen LogP contribution in [0.25, 0.3) is 0 Å². The van der Waals surface area contributed by atoms with Gasteiger partial charge in [0.1, 0.15) is 0 Å². The fraction of sp³-hybridized carbons (Fsp3) is 0.176. The van der Waals surface area contributed by atoms with Crippen molar-refractivity contribution in [3.63, 3.8) is 0 Å². The fourth-order valence-electron chi connectivity index (χ4n) is 1.85. The van der Waals surface area contributed by atoms with Crippen LogP contribution in [-0.2, 0) is 4.79 Å². The van der Waals surface area contributed by atoms with Gasteiger partial charge in [-0.05, 0) is 24.3 Å². The highest BCUT2D eigenvalue weighted by Gasteiger charge is 2.13. The van der Waals surface area contributed by atoms with Gasteiger partial charge in [0, 0.05) is 6.07 Å². The number of rotatable bonds is 6. The normalized spacial score (nSPS) is 9.61. The van der Waals surface area contributed by atoms with Crippen molar-refractivity contribution in [1.82, 2.24) is 0 Å². The number of para-hydroxylation sites is 2. The highest BCUT2D eigenvalue weighted by atomic mass is 16.6. The van der Waals surface area contributed by atoms with Gasteiger partial charge in [0.2, 0.25) is 0 Å². The number of methoxy groups -OCH3 is 2. The summed E-state index contributed by atoms with van der Waals surface area (Å²) in [5.41, 5.74) is 0.409. The predicted molar refractivity (Wildman–Crippen MR) is 81.8 cm³/mol. The Kier molecular flexibility index (Phi) is 5.42. The zero-order valence-corrected chi connectivity index (χ0v) is 12.7. The Labute approximate surface area is 133 Å². The minimum Gasteiger partial charge on any atom is -0.493 e. The lowest BCUT2D eigenvalue weighted by molar-refractivity contribution is -0.136. The van der Waals surface area contributed by atoms with Crippen LogP contribution in [0.2, 0.25) is 0 Å². The Balaban J connectivity index is 2.01. The Morgan fingerprint density at radius 3 is 2.35 bits per heavy atom. The second-order valence-electron chi connectivity index (χ2n) is 4.39. The van der Waals surface area contributed by atoms with Crippen LogP contribution in [0.3, 0.4) is 0 Å². The summed E-state index contributed by atoms with van der Waals surface area (Å²) in [5.74, 6) is 0.892. The quantitative estimate of drug-likeness (QED) is 0.602. The van der Waals surface area contributed by atoms with Crippen LogP contribution in [0.4, 0.5) is 0 Å². The van der Waals surface area contributed by atoms with Crippen molar-refractivity contribution < 1.29 is 23.7 Å². The highest BCUT2D eigenvalue weighted by molar-refractivity contribution is 5.75. The van der Waals surface area contributed by atoms with E-state index in [1.54, 1.807) is 24.3 Å². The molecule has 23 heavy (non-hydrogen) atoms. The maximum Gasteiger partial charge on any atom is 0.349 e. The number of nitrogens with zero attached hydrogens (tertiary/aromatic N) is 1. The average Bonchev–Trinajstić information content (AvgIpc) is 2.60. The first-order valence-electron chi connectivity index (χ1n) is 6.72. The van der Waals surface area contributed by atoms with Crippen molar-refractivity contribution in [2.45, 2.75) is 0 Å². The van der Waals surface area contributed by atoms with Crippen LogP contribution in [0, 0.1) is 11.3 Å². The van der Waals surface area contributed by atoms with Gasteiger partial charge in [0.15, 0.2) is 29.6 Å². The zero-order chi connectivity index (χ0) is 16.7. The topological polar surface area (TPSA) is 77.8 Å². The predicted octanol–water partition coefficient (Wildman–Crippen LogP) is 2.56. The molecule has 0 saturated carbocycles. The molecule has 0 aromatic heterocycles. The first-order chi connectivity index (χ1) is 11.2. The van der Waals surface area contributed by atoms with Crippen molar-refractivity contribution in [1.29, 1.82) is 5.26 Å². The Bertz CT molecular complexity index is 736. The van der Waals surface area contributed by atoms with Crippen molar-refractivity contribution >= 4 is 5.97 Å². The molecule has 0 bridgehead atoms. The molecule has 0 atom stereocenters. The minimum atomic E-state index is -0.598. The molecular weight excluding hydrogens is 298 g/mol.